The third-order valence-electron chi connectivity index (χ3n) is 3.93. The van der Waals surface area contributed by atoms with Crippen molar-refractivity contribution in [1.29, 1.82) is 0 Å². The third-order valence-corrected chi connectivity index (χ3v) is 3.93. The first-order valence-electron chi connectivity index (χ1n) is 6.91. The Bertz CT molecular complexity index is 612. The summed E-state index contributed by atoms with van der Waals surface area (Å²) in [5, 5.41) is 2.65. The molecular weight excluding hydrogens is 270 g/mol. The Hall–Kier alpha value is -2.37. The molecular formula is C15H17N3O3. The summed E-state index contributed by atoms with van der Waals surface area (Å²) in [6.45, 7) is 3.68. The SMILES string of the molecule is CC1(C)NC(=O)N([C@@H]2CC(=O)N(c3ccccc3)C2)C1=O. The van der Waals surface area contributed by atoms with Gasteiger partial charge in [-0.15, -0.1) is 0 Å². The van der Waals surface area contributed by atoms with Gasteiger partial charge in [0.25, 0.3) is 5.91 Å². The van der Waals surface area contributed by atoms with Crippen molar-refractivity contribution in [2.75, 3.05) is 11.4 Å². The van der Waals surface area contributed by atoms with E-state index in [1.807, 2.05) is 30.3 Å². The van der Waals surface area contributed by atoms with Gasteiger partial charge in [-0.2, -0.15) is 0 Å². The Morgan fingerprint density at radius 3 is 2.38 bits per heavy atom. The standard InChI is InChI=1S/C15H17N3O3/c1-15(2)13(20)18(14(21)16-15)11-8-12(19)17(9-11)10-6-4-3-5-7-10/h3-7,11H,8-9H2,1-2H3,(H,16,21)/t11-/m1/s1. The van der Waals surface area contributed by atoms with E-state index in [4.69, 9.17) is 0 Å². The Morgan fingerprint density at radius 1 is 1.14 bits per heavy atom. The number of carbonyl (C=O) groups excluding carboxylic acids is 3. The molecule has 21 heavy (non-hydrogen) atoms. The fourth-order valence-corrected chi connectivity index (χ4v) is 2.83. The summed E-state index contributed by atoms with van der Waals surface area (Å²) in [6, 6.07) is 8.44. The largest absolute Gasteiger partial charge is 0.325 e. The van der Waals surface area contributed by atoms with Gasteiger partial charge in [0.2, 0.25) is 5.91 Å². The predicted octanol–water partition coefficient (Wildman–Crippen LogP) is 1.12. The quantitative estimate of drug-likeness (QED) is 0.829. The van der Waals surface area contributed by atoms with Gasteiger partial charge in [-0.3, -0.25) is 14.5 Å². The second-order valence-corrected chi connectivity index (χ2v) is 5.93. The maximum Gasteiger partial charge on any atom is 0.325 e. The maximum absolute atomic E-state index is 12.3. The van der Waals surface area contributed by atoms with Crippen LogP contribution in [0.25, 0.3) is 0 Å². The maximum atomic E-state index is 12.3. The zero-order valence-electron chi connectivity index (χ0n) is 12.0. The summed E-state index contributed by atoms with van der Waals surface area (Å²) in [5.41, 5.74) is -0.114. The van der Waals surface area contributed by atoms with Gasteiger partial charge in [0.15, 0.2) is 0 Å². The lowest BCUT2D eigenvalue weighted by Crippen LogP contribution is -2.44. The molecule has 6 nitrogen and oxygen atoms in total. The van der Waals surface area contributed by atoms with Crippen LogP contribution in [-0.4, -0.2) is 40.9 Å². The van der Waals surface area contributed by atoms with E-state index in [1.54, 1.807) is 18.7 Å². The van der Waals surface area contributed by atoms with Crippen molar-refractivity contribution in [2.45, 2.75) is 31.8 Å². The van der Waals surface area contributed by atoms with Crippen LogP contribution >= 0.6 is 0 Å². The molecule has 4 amide bonds. The van der Waals surface area contributed by atoms with Gasteiger partial charge in [0, 0.05) is 18.7 Å². The van der Waals surface area contributed by atoms with Crippen molar-refractivity contribution in [3.8, 4) is 0 Å². The number of benzene rings is 1. The second kappa shape index (κ2) is 4.58. The zero-order valence-corrected chi connectivity index (χ0v) is 12.0. The van der Waals surface area contributed by atoms with E-state index in [-0.39, 0.29) is 18.2 Å². The molecule has 0 spiro atoms. The highest BCUT2D eigenvalue weighted by Crippen LogP contribution is 2.28. The van der Waals surface area contributed by atoms with E-state index >= 15 is 0 Å². The van der Waals surface area contributed by atoms with Crippen LogP contribution in [-0.2, 0) is 9.59 Å². The highest BCUT2D eigenvalue weighted by Gasteiger charge is 2.50. The molecule has 2 saturated heterocycles. The van der Waals surface area contributed by atoms with Crippen molar-refractivity contribution in [2.24, 2.45) is 0 Å². The highest BCUT2D eigenvalue weighted by atomic mass is 16.2. The number of para-hydroxylation sites is 1. The molecule has 0 aliphatic carbocycles. The Labute approximate surface area is 122 Å². The first-order valence-corrected chi connectivity index (χ1v) is 6.91. The minimum atomic E-state index is -0.902. The molecule has 0 aromatic heterocycles. The predicted molar refractivity (Wildman–Crippen MR) is 76.7 cm³/mol. The summed E-state index contributed by atoms with van der Waals surface area (Å²) in [4.78, 5) is 39.3. The van der Waals surface area contributed by atoms with Crippen molar-refractivity contribution in [3.63, 3.8) is 0 Å². The van der Waals surface area contributed by atoms with E-state index in [9.17, 15) is 14.4 Å². The molecule has 1 aromatic rings. The van der Waals surface area contributed by atoms with Gasteiger partial charge < -0.3 is 10.2 Å². The fourth-order valence-electron chi connectivity index (χ4n) is 2.83. The van der Waals surface area contributed by atoms with E-state index in [0.717, 1.165) is 5.69 Å². The molecule has 2 heterocycles. The van der Waals surface area contributed by atoms with Gasteiger partial charge in [-0.1, -0.05) is 18.2 Å². The number of anilines is 1. The normalized spacial score (nSPS) is 24.7. The average molecular weight is 287 g/mol. The van der Waals surface area contributed by atoms with Crippen LogP contribution in [0.4, 0.5) is 10.5 Å². The third kappa shape index (κ3) is 2.16. The number of amides is 4. The fraction of sp³-hybridized carbons (Fsp3) is 0.400. The number of hydrogen-bond acceptors (Lipinski definition) is 3. The van der Waals surface area contributed by atoms with Crippen LogP contribution in [0.5, 0.6) is 0 Å². The number of nitrogens with one attached hydrogen (secondary N) is 1. The first-order chi connectivity index (χ1) is 9.90. The number of nitrogens with zero attached hydrogens (tertiary/aromatic N) is 2. The summed E-state index contributed by atoms with van der Waals surface area (Å²) in [6.07, 6.45) is 0.171. The monoisotopic (exact) mass is 287 g/mol. The second-order valence-electron chi connectivity index (χ2n) is 5.93. The molecule has 6 heteroatoms. The van der Waals surface area contributed by atoms with Crippen molar-refractivity contribution in [3.05, 3.63) is 30.3 Å². The van der Waals surface area contributed by atoms with Gasteiger partial charge in [0.05, 0.1) is 6.04 Å². The molecule has 0 bridgehead atoms. The minimum Gasteiger partial charge on any atom is -0.324 e. The Kier molecular flexibility index (Phi) is 2.97. The van der Waals surface area contributed by atoms with Crippen molar-refractivity contribution in [1.82, 2.24) is 10.2 Å². The molecule has 2 fully saturated rings. The van der Waals surface area contributed by atoms with Crippen LogP contribution in [0.15, 0.2) is 30.3 Å². The number of carbonyl (C=O) groups is 3. The molecule has 0 saturated carbocycles. The van der Waals surface area contributed by atoms with Crippen LogP contribution in [0, 0.1) is 0 Å². The molecule has 1 N–H and O–H groups in total. The summed E-state index contributed by atoms with van der Waals surface area (Å²) in [7, 11) is 0. The summed E-state index contributed by atoms with van der Waals surface area (Å²) >= 11 is 0. The smallest absolute Gasteiger partial charge is 0.324 e. The number of imide groups is 1. The molecule has 1 aromatic carbocycles. The lowest BCUT2D eigenvalue weighted by molar-refractivity contribution is -0.131. The lowest BCUT2D eigenvalue weighted by atomic mass is 10.1. The van der Waals surface area contributed by atoms with Gasteiger partial charge >= 0.3 is 6.03 Å². The van der Waals surface area contributed by atoms with E-state index in [1.165, 1.54) is 4.90 Å². The topological polar surface area (TPSA) is 69.7 Å². The molecule has 2 aliphatic heterocycles. The van der Waals surface area contributed by atoms with Crippen molar-refractivity contribution >= 4 is 23.5 Å². The van der Waals surface area contributed by atoms with Crippen LogP contribution in [0.1, 0.15) is 20.3 Å². The number of rotatable bonds is 2. The Balaban J connectivity index is 1.82. The molecule has 3 rings (SSSR count). The van der Waals surface area contributed by atoms with E-state index < -0.39 is 17.6 Å². The van der Waals surface area contributed by atoms with Gasteiger partial charge in [0.1, 0.15) is 5.54 Å². The van der Waals surface area contributed by atoms with Crippen LogP contribution in [0.2, 0.25) is 0 Å². The zero-order chi connectivity index (χ0) is 15.2. The van der Waals surface area contributed by atoms with Gasteiger partial charge in [-0.25, -0.2) is 4.79 Å². The summed E-state index contributed by atoms with van der Waals surface area (Å²) in [5.74, 6) is -0.350. The minimum absolute atomic E-state index is 0.0727. The number of hydrogen-bond donors (Lipinski definition) is 1. The molecule has 2 aliphatic rings. The average Bonchev–Trinajstić information content (AvgIpc) is 2.89. The molecule has 0 radical (unpaired) electrons. The van der Waals surface area contributed by atoms with Crippen molar-refractivity contribution < 1.29 is 14.4 Å². The number of urea groups is 1. The summed E-state index contributed by atoms with van der Waals surface area (Å²) < 4.78 is 0. The molecule has 110 valence electrons. The van der Waals surface area contributed by atoms with Crippen LogP contribution in [0.3, 0.4) is 0 Å². The van der Waals surface area contributed by atoms with Gasteiger partial charge in [-0.05, 0) is 26.0 Å². The first kappa shape index (κ1) is 13.6. The molecule has 0 unspecified atom stereocenters. The highest BCUT2D eigenvalue weighted by molar-refractivity contribution is 6.08. The van der Waals surface area contributed by atoms with Crippen LogP contribution < -0.4 is 10.2 Å². The lowest BCUT2D eigenvalue weighted by Gasteiger charge is -2.22. The van der Waals surface area contributed by atoms with E-state index in [0.29, 0.717) is 6.54 Å². The Morgan fingerprint density at radius 2 is 1.81 bits per heavy atom. The molecule has 1 atom stereocenters. The van der Waals surface area contributed by atoms with E-state index in [2.05, 4.69) is 5.32 Å².